The number of hydrogen-bond donors (Lipinski definition) is 1. The van der Waals surface area contributed by atoms with Crippen molar-refractivity contribution in [2.45, 2.75) is 6.92 Å². The van der Waals surface area contributed by atoms with Crippen molar-refractivity contribution in [3.8, 4) is 0 Å². The Morgan fingerprint density at radius 2 is 1.95 bits per heavy atom. The van der Waals surface area contributed by atoms with Gasteiger partial charge in [-0.3, -0.25) is 0 Å². The number of carbonyl (C=O) groups is 1. The summed E-state index contributed by atoms with van der Waals surface area (Å²) in [5, 5.41) is 9.32. The van der Waals surface area contributed by atoms with Crippen LogP contribution in [0.2, 0.25) is 5.02 Å². The van der Waals surface area contributed by atoms with E-state index in [1.165, 1.54) is 6.08 Å². The second-order valence-corrected chi connectivity index (χ2v) is 5.15. The molecule has 2 aromatic carbocycles. The van der Waals surface area contributed by atoms with Crippen LogP contribution in [0, 0.1) is 6.92 Å². The Morgan fingerprint density at radius 1 is 1.24 bits per heavy atom. The van der Waals surface area contributed by atoms with Crippen molar-refractivity contribution in [3.63, 3.8) is 0 Å². The second-order valence-electron chi connectivity index (χ2n) is 4.74. The minimum Gasteiger partial charge on any atom is -0.478 e. The van der Waals surface area contributed by atoms with E-state index in [2.05, 4.69) is 6.07 Å². The standard InChI is InChI=1S/C17H16ClNO2/c1-12-5-3-6-13(11-12)19(2)16-8-4-7-15(18)14(16)9-10-17(20)21/h3-11H,1-2H3,(H,20,21). The van der Waals surface area contributed by atoms with Gasteiger partial charge >= 0.3 is 5.97 Å². The highest BCUT2D eigenvalue weighted by molar-refractivity contribution is 6.32. The summed E-state index contributed by atoms with van der Waals surface area (Å²) in [6.07, 6.45) is 2.61. The van der Waals surface area contributed by atoms with Crippen LogP contribution in [0.5, 0.6) is 0 Å². The lowest BCUT2D eigenvalue weighted by Gasteiger charge is -2.22. The molecule has 1 N–H and O–H groups in total. The second kappa shape index (κ2) is 6.46. The first-order chi connectivity index (χ1) is 9.99. The first-order valence-electron chi connectivity index (χ1n) is 6.49. The monoisotopic (exact) mass is 301 g/mol. The number of carboxylic acid groups (broad SMARTS) is 1. The maximum Gasteiger partial charge on any atom is 0.328 e. The van der Waals surface area contributed by atoms with Gasteiger partial charge in [0.1, 0.15) is 0 Å². The molecule has 0 aliphatic rings. The molecule has 0 radical (unpaired) electrons. The van der Waals surface area contributed by atoms with Gasteiger partial charge in [-0.1, -0.05) is 29.8 Å². The molecule has 0 heterocycles. The molecule has 108 valence electrons. The molecule has 0 fully saturated rings. The molecule has 21 heavy (non-hydrogen) atoms. The number of halogens is 1. The van der Waals surface area contributed by atoms with Crippen molar-refractivity contribution in [2.24, 2.45) is 0 Å². The summed E-state index contributed by atoms with van der Waals surface area (Å²) in [4.78, 5) is 12.7. The largest absolute Gasteiger partial charge is 0.478 e. The summed E-state index contributed by atoms with van der Waals surface area (Å²) in [7, 11) is 1.93. The summed E-state index contributed by atoms with van der Waals surface area (Å²) < 4.78 is 0. The first-order valence-corrected chi connectivity index (χ1v) is 6.87. The van der Waals surface area contributed by atoms with E-state index in [0.29, 0.717) is 10.6 Å². The van der Waals surface area contributed by atoms with Crippen molar-refractivity contribution in [3.05, 3.63) is 64.7 Å². The molecule has 4 heteroatoms. The normalized spacial score (nSPS) is 10.8. The molecular weight excluding hydrogens is 286 g/mol. The molecule has 0 saturated carbocycles. The lowest BCUT2D eigenvalue weighted by molar-refractivity contribution is -0.131. The molecule has 0 bridgehead atoms. The van der Waals surface area contributed by atoms with Crippen molar-refractivity contribution >= 4 is 35.0 Å². The van der Waals surface area contributed by atoms with Gasteiger partial charge in [0.25, 0.3) is 0 Å². The van der Waals surface area contributed by atoms with Crippen LogP contribution in [0.4, 0.5) is 11.4 Å². The van der Waals surface area contributed by atoms with Crippen LogP contribution in [0.15, 0.2) is 48.5 Å². The Labute approximate surface area is 129 Å². The molecule has 0 unspecified atom stereocenters. The topological polar surface area (TPSA) is 40.5 Å². The Kier molecular flexibility index (Phi) is 4.66. The van der Waals surface area contributed by atoms with Gasteiger partial charge in [0.05, 0.1) is 0 Å². The molecule has 2 aromatic rings. The highest BCUT2D eigenvalue weighted by atomic mass is 35.5. The highest BCUT2D eigenvalue weighted by Gasteiger charge is 2.11. The van der Waals surface area contributed by atoms with Crippen molar-refractivity contribution < 1.29 is 9.90 Å². The molecular formula is C17H16ClNO2. The summed E-state index contributed by atoms with van der Waals surface area (Å²) in [5.41, 5.74) is 3.71. The molecule has 0 aliphatic carbocycles. The summed E-state index contributed by atoms with van der Waals surface area (Å²) in [6.45, 7) is 2.03. The SMILES string of the molecule is Cc1cccc(N(C)c2cccc(Cl)c2C=CC(=O)O)c1. The van der Waals surface area contributed by atoms with E-state index in [9.17, 15) is 4.79 Å². The van der Waals surface area contributed by atoms with E-state index in [1.54, 1.807) is 6.07 Å². The molecule has 0 aliphatic heterocycles. The van der Waals surface area contributed by atoms with Crippen LogP contribution < -0.4 is 4.90 Å². The average Bonchev–Trinajstić information content (AvgIpc) is 2.45. The number of rotatable bonds is 4. The van der Waals surface area contributed by atoms with Gasteiger partial charge in [-0.15, -0.1) is 0 Å². The predicted molar refractivity (Wildman–Crippen MR) is 87.4 cm³/mol. The zero-order valence-electron chi connectivity index (χ0n) is 11.9. The minimum atomic E-state index is -1.00. The number of nitrogens with zero attached hydrogens (tertiary/aromatic N) is 1. The van der Waals surface area contributed by atoms with Crippen molar-refractivity contribution in [1.82, 2.24) is 0 Å². The van der Waals surface area contributed by atoms with Gasteiger partial charge in [-0.25, -0.2) is 4.79 Å². The Morgan fingerprint density at radius 3 is 2.62 bits per heavy atom. The van der Waals surface area contributed by atoms with E-state index in [4.69, 9.17) is 16.7 Å². The molecule has 2 rings (SSSR count). The fourth-order valence-electron chi connectivity index (χ4n) is 2.11. The number of benzene rings is 2. The molecule has 0 spiro atoms. The first kappa shape index (κ1) is 15.1. The number of hydrogen-bond acceptors (Lipinski definition) is 2. The van der Waals surface area contributed by atoms with Crippen molar-refractivity contribution in [2.75, 3.05) is 11.9 Å². The quantitative estimate of drug-likeness (QED) is 0.844. The van der Waals surface area contributed by atoms with E-state index < -0.39 is 5.97 Å². The lowest BCUT2D eigenvalue weighted by Crippen LogP contribution is -2.11. The van der Waals surface area contributed by atoms with Gasteiger partial charge in [-0.05, 0) is 42.8 Å². The molecule has 3 nitrogen and oxygen atoms in total. The summed E-state index contributed by atoms with van der Waals surface area (Å²) >= 11 is 6.20. The van der Waals surface area contributed by atoms with Gasteiger partial charge in [0.15, 0.2) is 0 Å². The smallest absolute Gasteiger partial charge is 0.328 e. The lowest BCUT2D eigenvalue weighted by atomic mass is 10.1. The van der Waals surface area contributed by atoms with Gasteiger partial charge in [-0.2, -0.15) is 0 Å². The van der Waals surface area contributed by atoms with Crippen molar-refractivity contribution in [1.29, 1.82) is 0 Å². The zero-order chi connectivity index (χ0) is 15.4. The van der Waals surface area contributed by atoms with Gasteiger partial charge < -0.3 is 10.0 Å². The number of aliphatic carboxylic acids is 1. The van der Waals surface area contributed by atoms with E-state index in [-0.39, 0.29) is 0 Å². The highest BCUT2D eigenvalue weighted by Crippen LogP contribution is 2.32. The Balaban J connectivity index is 2.48. The van der Waals surface area contributed by atoms with Crippen LogP contribution in [-0.2, 0) is 4.79 Å². The number of anilines is 2. The molecule has 0 aromatic heterocycles. The summed E-state index contributed by atoms with van der Waals surface area (Å²) in [6, 6.07) is 13.6. The third-order valence-corrected chi connectivity index (χ3v) is 3.50. The molecule has 0 atom stereocenters. The average molecular weight is 302 g/mol. The van der Waals surface area contributed by atoms with Crippen LogP contribution >= 0.6 is 11.6 Å². The van der Waals surface area contributed by atoms with Gasteiger partial charge in [0.2, 0.25) is 0 Å². The van der Waals surface area contributed by atoms with Crippen LogP contribution in [-0.4, -0.2) is 18.1 Å². The predicted octanol–water partition coefficient (Wildman–Crippen LogP) is 4.51. The third-order valence-electron chi connectivity index (χ3n) is 3.17. The van der Waals surface area contributed by atoms with E-state index in [1.807, 2.05) is 49.2 Å². The van der Waals surface area contributed by atoms with Crippen LogP contribution in [0.25, 0.3) is 6.08 Å². The molecule has 0 amide bonds. The summed E-state index contributed by atoms with van der Waals surface area (Å²) in [5.74, 6) is -1.00. The fraction of sp³-hybridized carbons (Fsp3) is 0.118. The van der Waals surface area contributed by atoms with Crippen LogP contribution in [0.1, 0.15) is 11.1 Å². The fourth-order valence-corrected chi connectivity index (χ4v) is 2.35. The Hall–Kier alpha value is -2.26. The maximum atomic E-state index is 10.7. The number of aryl methyl sites for hydroxylation is 1. The zero-order valence-corrected chi connectivity index (χ0v) is 12.6. The third kappa shape index (κ3) is 3.64. The molecule has 0 saturated heterocycles. The van der Waals surface area contributed by atoms with E-state index in [0.717, 1.165) is 23.0 Å². The maximum absolute atomic E-state index is 10.7. The van der Waals surface area contributed by atoms with Crippen LogP contribution in [0.3, 0.4) is 0 Å². The Bertz CT molecular complexity index is 695. The van der Waals surface area contributed by atoms with E-state index >= 15 is 0 Å². The number of carboxylic acids is 1. The minimum absolute atomic E-state index is 0.518. The van der Waals surface area contributed by atoms with Gasteiger partial charge in [0, 0.05) is 35.1 Å².